The zero-order valence-electron chi connectivity index (χ0n) is 16.0. The molecule has 11 heteroatoms. The quantitative estimate of drug-likeness (QED) is 0.417. The highest BCUT2D eigenvalue weighted by molar-refractivity contribution is 6.32. The number of aromatic amines is 1. The highest BCUT2D eigenvalue weighted by atomic mass is 35.5. The van der Waals surface area contributed by atoms with Crippen molar-refractivity contribution in [1.82, 2.24) is 15.5 Å². The number of carbonyl (C=O) groups excluding carboxylic acids is 2. The molecule has 3 aromatic rings. The number of nitrogens with one attached hydrogen (secondary N) is 3. The number of fused-ring (bicyclic) bond motifs is 1. The van der Waals surface area contributed by atoms with Gasteiger partial charge in [0.1, 0.15) is 10.8 Å². The Hall–Kier alpha value is -3.79. The fraction of sp³-hybridized carbons (Fsp3) is 0.150. The second-order valence-electron chi connectivity index (χ2n) is 7.05. The van der Waals surface area contributed by atoms with E-state index in [9.17, 15) is 24.1 Å². The molecule has 4 rings (SSSR count). The smallest absolute Gasteiger partial charge is 0.288 e. The summed E-state index contributed by atoms with van der Waals surface area (Å²) in [5, 5.41) is 23.4. The number of rotatable bonds is 4. The molecule has 1 atom stereocenters. The molecule has 0 radical (unpaired) electrons. The molecular formula is C20H15ClFN5O4. The third-order valence-corrected chi connectivity index (χ3v) is 5.38. The van der Waals surface area contributed by atoms with Crippen LogP contribution < -0.4 is 10.6 Å². The first-order valence-corrected chi connectivity index (χ1v) is 9.51. The van der Waals surface area contributed by atoms with Crippen molar-refractivity contribution in [2.45, 2.75) is 19.3 Å². The molecule has 31 heavy (non-hydrogen) atoms. The van der Waals surface area contributed by atoms with E-state index < -0.39 is 22.6 Å². The van der Waals surface area contributed by atoms with E-state index in [1.165, 1.54) is 36.5 Å². The van der Waals surface area contributed by atoms with Crippen molar-refractivity contribution in [1.29, 1.82) is 0 Å². The van der Waals surface area contributed by atoms with E-state index in [0.717, 1.165) is 0 Å². The van der Waals surface area contributed by atoms with Gasteiger partial charge in [-0.1, -0.05) is 17.7 Å². The molecule has 1 aliphatic rings. The van der Waals surface area contributed by atoms with Crippen LogP contribution in [0.3, 0.4) is 0 Å². The Kier molecular flexibility index (Phi) is 5.15. The van der Waals surface area contributed by atoms with E-state index in [0.29, 0.717) is 16.5 Å². The largest absolute Gasteiger partial charge is 0.330 e. The Bertz CT molecular complexity index is 1290. The lowest BCUT2D eigenvalue weighted by Gasteiger charge is -2.27. The Morgan fingerprint density at radius 2 is 2.13 bits per heavy atom. The number of halogens is 2. The van der Waals surface area contributed by atoms with Gasteiger partial charge in [0.05, 0.1) is 22.3 Å². The van der Waals surface area contributed by atoms with E-state index in [1.54, 1.807) is 6.92 Å². The maximum absolute atomic E-state index is 14.5. The van der Waals surface area contributed by atoms with Crippen molar-refractivity contribution >= 4 is 45.7 Å². The molecule has 1 aromatic heterocycles. The molecule has 3 N–H and O–H groups in total. The summed E-state index contributed by atoms with van der Waals surface area (Å²) in [5.41, 5.74) is 0.906. The molecule has 158 valence electrons. The minimum absolute atomic E-state index is 0.0584. The summed E-state index contributed by atoms with van der Waals surface area (Å²) in [7, 11) is 0. The zero-order chi connectivity index (χ0) is 22.3. The molecule has 0 aliphatic carbocycles. The van der Waals surface area contributed by atoms with Crippen LogP contribution in [0.4, 0.5) is 15.8 Å². The number of aromatic nitrogens is 2. The highest BCUT2D eigenvalue weighted by Crippen LogP contribution is 2.37. The van der Waals surface area contributed by atoms with Gasteiger partial charge in [0, 0.05) is 41.1 Å². The minimum Gasteiger partial charge on any atom is -0.330 e. The first-order chi connectivity index (χ1) is 14.7. The van der Waals surface area contributed by atoms with E-state index in [1.807, 2.05) is 0 Å². The van der Waals surface area contributed by atoms with Gasteiger partial charge in [0.2, 0.25) is 5.91 Å². The number of benzene rings is 2. The maximum atomic E-state index is 14.5. The second-order valence-corrected chi connectivity index (χ2v) is 7.46. The van der Waals surface area contributed by atoms with Crippen LogP contribution >= 0.6 is 11.6 Å². The van der Waals surface area contributed by atoms with Gasteiger partial charge in [0.15, 0.2) is 0 Å². The third kappa shape index (κ3) is 3.84. The number of nitro groups is 1. The topological polar surface area (TPSA) is 130 Å². The Labute approximate surface area is 179 Å². The van der Waals surface area contributed by atoms with Crippen molar-refractivity contribution in [2.75, 3.05) is 5.32 Å². The van der Waals surface area contributed by atoms with Crippen molar-refractivity contribution < 1.29 is 18.9 Å². The zero-order valence-corrected chi connectivity index (χ0v) is 16.8. The van der Waals surface area contributed by atoms with E-state index in [4.69, 9.17) is 11.6 Å². The first-order valence-electron chi connectivity index (χ1n) is 9.13. The molecule has 0 saturated carbocycles. The van der Waals surface area contributed by atoms with Crippen LogP contribution in [0.2, 0.25) is 5.02 Å². The summed E-state index contributed by atoms with van der Waals surface area (Å²) in [5.74, 6) is -2.42. The minimum atomic E-state index is -0.773. The fourth-order valence-electron chi connectivity index (χ4n) is 3.63. The number of allylic oxidation sites excluding steroid dienone is 1. The molecular weight excluding hydrogens is 429 g/mol. The van der Waals surface area contributed by atoms with Crippen molar-refractivity contribution in [3.8, 4) is 0 Å². The number of H-pyrrole nitrogens is 1. The molecule has 1 unspecified atom stereocenters. The van der Waals surface area contributed by atoms with Gasteiger partial charge >= 0.3 is 0 Å². The summed E-state index contributed by atoms with van der Waals surface area (Å²) in [6.45, 7) is 1.54. The standard InChI is InChI=1S/C20H15ClFN5O4/c1-9-19(20(29)25-16-4-11-8-23-26-15(11)7-14(16)22)12(6-18(28)24-9)10-2-3-13(21)17(5-10)27(30)31/h2-5,7-8,12H,6H2,1H3,(H,23,26)(H,24,28)(H,25,29). The maximum Gasteiger partial charge on any atom is 0.288 e. The monoisotopic (exact) mass is 443 g/mol. The van der Waals surface area contributed by atoms with Gasteiger partial charge in [-0.15, -0.1) is 0 Å². The fourth-order valence-corrected chi connectivity index (χ4v) is 3.81. The molecule has 0 spiro atoms. The molecule has 1 aliphatic heterocycles. The van der Waals surface area contributed by atoms with Crippen LogP contribution in [-0.2, 0) is 9.59 Å². The Morgan fingerprint density at radius 1 is 1.35 bits per heavy atom. The van der Waals surface area contributed by atoms with Crippen molar-refractivity contribution in [2.24, 2.45) is 0 Å². The molecule has 2 amide bonds. The lowest BCUT2D eigenvalue weighted by atomic mass is 9.84. The normalized spacial score (nSPS) is 16.4. The van der Waals surface area contributed by atoms with Crippen molar-refractivity contribution in [3.05, 3.63) is 74.3 Å². The van der Waals surface area contributed by atoms with E-state index in [2.05, 4.69) is 20.8 Å². The highest BCUT2D eigenvalue weighted by Gasteiger charge is 2.33. The predicted octanol–water partition coefficient (Wildman–Crippen LogP) is 3.78. The van der Waals surface area contributed by atoms with Gasteiger partial charge in [-0.25, -0.2) is 4.39 Å². The number of nitrogens with zero attached hydrogens (tertiary/aromatic N) is 2. The number of anilines is 1. The van der Waals surface area contributed by atoms with Gasteiger partial charge in [0.25, 0.3) is 11.6 Å². The summed E-state index contributed by atoms with van der Waals surface area (Å²) >= 11 is 5.89. The van der Waals surface area contributed by atoms with Gasteiger partial charge in [-0.05, 0) is 24.6 Å². The predicted molar refractivity (Wildman–Crippen MR) is 111 cm³/mol. The van der Waals surface area contributed by atoms with Crippen LogP contribution in [-0.4, -0.2) is 26.9 Å². The summed E-state index contributed by atoms with van der Waals surface area (Å²) in [4.78, 5) is 35.9. The van der Waals surface area contributed by atoms with Gasteiger partial charge in [-0.2, -0.15) is 5.10 Å². The molecule has 0 fully saturated rings. The van der Waals surface area contributed by atoms with Gasteiger partial charge in [-0.3, -0.25) is 24.8 Å². The first kappa shape index (κ1) is 20.5. The van der Waals surface area contributed by atoms with Crippen LogP contribution in [0.15, 0.2) is 47.8 Å². The van der Waals surface area contributed by atoms with Crippen LogP contribution in [0, 0.1) is 15.9 Å². The number of carbonyl (C=O) groups is 2. The number of amides is 2. The molecule has 2 heterocycles. The third-order valence-electron chi connectivity index (χ3n) is 5.06. The average molecular weight is 444 g/mol. The van der Waals surface area contributed by atoms with Crippen LogP contribution in [0.1, 0.15) is 24.8 Å². The van der Waals surface area contributed by atoms with Gasteiger partial charge < -0.3 is 10.6 Å². The molecule has 0 bridgehead atoms. The van der Waals surface area contributed by atoms with Crippen LogP contribution in [0.25, 0.3) is 10.9 Å². The van der Waals surface area contributed by atoms with E-state index >= 15 is 0 Å². The van der Waals surface area contributed by atoms with Crippen LogP contribution in [0.5, 0.6) is 0 Å². The summed E-state index contributed by atoms with van der Waals surface area (Å²) in [6.07, 6.45) is 1.38. The Balaban J connectivity index is 1.73. The SMILES string of the molecule is CC1=C(C(=O)Nc2cc3cn[nH]c3cc2F)C(c2ccc(Cl)c([N+](=O)[O-])c2)CC(=O)N1. The Morgan fingerprint density at radius 3 is 2.87 bits per heavy atom. The number of hydrogen-bond acceptors (Lipinski definition) is 5. The number of nitro benzene ring substituents is 1. The summed E-state index contributed by atoms with van der Waals surface area (Å²) < 4.78 is 14.5. The number of hydrogen-bond donors (Lipinski definition) is 3. The molecule has 9 nitrogen and oxygen atoms in total. The average Bonchev–Trinajstić information content (AvgIpc) is 3.14. The molecule has 0 saturated heterocycles. The second kappa shape index (κ2) is 7.80. The van der Waals surface area contributed by atoms with E-state index in [-0.39, 0.29) is 40.0 Å². The lowest BCUT2D eigenvalue weighted by Crippen LogP contribution is -2.35. The van der Waals surface area contributed by atoms with Crippen molar-refractivity contribution in [3.63, 3.8) is 0 Å². The summed E-state index contributed by atoms with van der Waals surface area (Å²) in [6, 6.07) is 6.76. The molecule has 2 aromatic carbocycles. The lowest BCUT2D eigenvalue weighted by molar-refractivity contribution is -0.384.